The summed E-state index contributed by atoms with van der Waals surface area (Å²) in [5, 5.41) is 0. The number of imidazole rings is 1. The topological polar surface area (TPSA) is 72.2 Å². The van der Waals surface area contributed by atoms with Crippen molar-refractivity contribution in [2.24, 2.45) is 0 Å². The van der Waals surface area contributed by atoms with Crippen LogP contribution < -0.4 is 34.3 Å². The monoisotopic (exact) mass is 383 g/mol. The molecule has 1 aromatic carbocycles. The first kappa shape index (κ1) is 21.2. The summed E-state index contributed by atoms with van der Waals surface area (Å²) in [7, 11) is 1.67. The molecule has 134 valence electrons. The normalized spacial score (nSPS) is 12.0. The van der Waals surface area contributed by atoms with E-state index < -0.39 is 11.4 Å². The second-order valence-corrected chi connectivity index (χ2v) is 6.93. The van der Waals surface area contributed by atoms with Gasteiger partial charge in [0.2, 0.25) is 0 Å². The number of rotatable bonds is 8. The molecule has 3 aromatic rings. The molecule has 0 aliphatic carbocycles. The van der Waals surface area contributed by atoms with Crippen LogP contribution in [-0.4, -0.2) is 38.8 Å². The molecular formula is C18H22N3NaO3S. The minimum Gasteiger partial charge on any atom is -1.00 e. The molecule has 2 heterocycles. The second-order valence-electron chi connectivity index (χ2n) is 5.60. The Balaban J connectivity index is 0.00000182. The third kappa shape index (κ3) is 5.00. The summed E-state index contributed by atoms with van der Waals surface area (Å²) in [6.45, 7) is 3.18. The average Bonchev–Trinajstić information content (AvgIpc) is 3.06. The summed E-state index contributed by atoms with van der Waals surface area (Å²) in [5.74, 6) is 1.08. The van der Waals surface area contributed by atoms with E-state index in [1.807, 2.05) is 37.3 Å². The Hall–Kier alpha value is -1.09. The van der Waals surface area contributed by atoms with E-state index in [0.29, 0.717) is 19.0 Å². The SMILES string of the molecule is COCCCOc1ccnc(C[S+]([O-])n2cnc3ccccc32)c1C.[H-].[Na+]. The van der Waals surface area contributed by atoms with Crippen LogP contribution in [0.4, 0.5) is 0 Å². The zero-order valence-electron chi connectivity index (χ0n) is 16.3. The zero-order valence-corrected chi connectivity index (χ0v) is 18.2. The Labute approximate surface area is 180 Å². The van der Waals surface area contributed by atoms with Gasteiger partial charge >= 0.3 is 29.6 Å². The van der Waals surface area contributed by atoms with Crippen molar-refractivity contribution in [2.75, 3.05) is 20.3 Å². The fourth-order valence-electron chi connectivity index (χ4n) is 2.53. The maximum Gasteiger partial charge on any atom is 1.00 e. The number of hydrogen-bond acceptors (Lipinski definition) is 5. The molecule has 1 atom stereocenters. The van der Waals surface area contributed by atoms with Crippen LogP contribution in [-0.2, 0) is 21.9 Å². The minimum atomic E-state index is -1.29. The van der Waals surface area contributed by atoms with E-state index in [9.17, 15) is 4.55 Å². The summed E-state index contributed by atoms with van der Waals surface area (Å²) in [4.78, 5) is 8.67. The summed E-state index contributed by atoms with van der Waals surface area (Å²) in [6.07, 6.45) is 4.12. The van der Waals surface area contributed by atoms with Crippen molar-refractivity contribution in [1.82, 2.24) is 13.9 Å². The Bertz CT molecular complexity index is 850. The Kier molecular flexibility index (Phi) is 8.40. The quantitative estimate of drug-likeness (QED) is 0.311. The van der Waals surface area contributed by atoms with Gasteiger partial charge in [0.05, 0.1) is 29.2 Å². The molecule has 0 amide bonds. The molecule has 3 rings (SSSR count). The van der Waals surface area contributed by atoms with E-state index in [0.717, 1.165) is 34.5 Å². The van der Waals surface area contributed by atoms with E-state index in [4.69, 9.17) is 9.47 Å². The fraction of sp³-hybridized carbons (Fsp3) is 0.333. The third-order valence-electron chi connectivity index (χ3n) is 3.91. The zero-order chi connectivity index (χ0) is 17.6. The molecule has 0 radical (unpaired) electrons. The van der Waals surface area contributed by atoms with Gasteiger partial charge in [-0.3, -0.25) is 4.98 Å². The van der Waals surface area contributed by atoms with Gasteiger partial charge < -0.3 is 15.5 Å². The van der Waals surface area contributed by atoms with Gasteiger partial charge in [-0.1, -0.05) is 12.1 Å². The van der Waals surface area contributed by atoms with Gasteiger partial charge in [0, 0.05) is 31.9 Å². The van der Waals surface area contributed by atoms with Gasteiger partial charge in [-0.2, -0.15) is 3.97 Å². The maximum atomic E-state index is 12.8. The van der Waals surface area contributed by atoms with Gasteiger partial charge in [0.25, 0.3) is 0 Å². The van der Waals surface area contributed by atoms with E-state index >= 15 is 0 Å². The summed E-state index contributed by atoms with van der Waals surface area (Å²) in [6, 6.07) is 9.48. The number of pyridine rings is 1. The Morgan fingerprint density at radius 2 is 2.00 bits per heavy atom. The molecule has 6 nitrogen and oxygen atoms in total. The molecule has 0 fully saturated rings. The molecule has 0 saturated heterocycles. The van der Waals surface area contributed by atoms with Gasteiger partial charge in [0.15, 0.2) is 5.75 Å². The Morgan fingerprint density at radius 1 is 1.19 bits per heavy atom. The first-order valence-corrected chi connectivity index (χ1v) is 9.35. The number of fused-ring (bicyclic) bond motifs is 1. The van der Waals surface area contributed by atoms with Crippen LogP contribution in [0.15, 0.2) is 42.9 Å². The van der Waals surface area contributed by atoms with Crippen LogP contribution in [0.2, 0.25) is 0 Å². The molecular weight excluding hydrogens is 361 g/mol. The fourth-order valence-corrected chi connectivity index (χ4v) is 3.72. The van der Waals surface area contributed by atoms with Crippen LogP contribution in [0.1, 0.15) is 19.1 Å². The number of para-hydroxylation sites is 2. The smallest absolute Gasteiger partial charge is 1.00 e. The van der Waals surface area contributed by atoms with Crippen molar-refractivity contribution in [2.45, 2.75) is 19.1 Å². The molecule has 0 N–H and O–H groups in total. The van der Waals surface area contributed by atoms with Crippen LogP contribution >= 0.6 is 0 Å². The van der Waals surface area contributed by atoms with Crippen LogP contribution in [0.3, 0.4) is 0 Å². The van der Waals surface area contributed by atoms with E-state index in [-0.39, 0.29) is 31.0 Å². The molecule has 2 aromatic heterocycles. The van der Waals surface area contributed by atoms with Crippen molar-refractivity contribution in [3.8, 4) is 5.75 Å². The third-order valence-corrected chi connectivity index (χ3v) is 5.16. The van der Waals surface area contributed by atoms with Crippen molar-refractivity contribution in [3.05, 3.63) is 54.1 Å². The average molecular weight is 383 g/mol. The van der Waals surface area contributed by atoms with Crippen LogP contribution in [0, 0.1) is 6.92 Å². The van der Waals surface area contributed by atoms with Gasteiger partial charge in [-0.05, 0) is 25.1 Å². The first-order chi connectivity index (χ1) is 12.2. The number of ether oxygens (including phenoxy) is 2. The summed E-state index contributed by atoms with van der Waals surface area (Å²) in [5.41, 5.74) is 3.36. The molecule has 0 aliphatic rings. The van der Waals surface area contributed by atoms with Crippen LogP contribution in [0.25, 0.3) is 11.0 Å². The number of aromatic nitrogens is 3. The number of nitrogens with zero attached hydrogens (tertiary/aromatic N) is 3. The van der Waals surface area contributed by atoms with Crippen molar-refractivity contribution in [1.29, 1.82) is 0 Å². The van der Waals surface area contributed by atoms with E-state index in [1.165, 1.54) is 0 Å². The van der Waals surface area contributed by atoms with Crippen molar-refractivity contribution < 1.29 is 45.0 Å². The largest absolute Gasteiger partial charge is 1.00 e. The predicted molar refractivity (Wildman–Crippen MR) is 99.1 cm³/mol. The molecule has 8 heteroatoms. The van der Waals surface area contributed by atoms with Crippen molar-refractivity contribution in [3.63, 3.8) is 0 Å². The molecule has 0 spiro atoms. The number of hydrogen-bond donors (Lipinski definition) is 0. The van der Waals surface area contributed by atoms with E-state index in [2.05, 4.69) is 9.97 Å². The second kappa shape index (κ2) is 10.3. The summed E-state index contributed by atoms with van der Waals surface area (Å²) < 4.78 is 25.3. The number of methoxy groups -OCH3 is 1. The maximum absolute atomic E-state index is 12.8. The van der Waals surface area contributed by atoms with E-state index in [1.54, 1.807) is 23.6 Å². The van der Waals surface area contributed by atoms with Crippen molar-refractivity contribution >= 4 is 22.4 Å². The number of benzene rings is 1. The molecule has 1 unspecified atom stereocenters. The standard InChI is InChI=1S/C18H21N3O3S.Na.H/c1-14-16(19-9-8-18(14)24-11-5-10-23-2)12-25(22)21-13-20-15-6-3-4-7-17(15)21;;/h3-4,6-9,13H,5,10-12H2,1-2H3;;/q;+1;-1. The molecule has 26 heavy (non-hydrogen) atoms. The van der Waals surface area contributed by atoms with Gasteiger partial charge in [-0.25, -0.2) is 4.98 Å². The molecule has 0 saturated carbocycles. The molecule has 0 bridgehead atoms. The van der Waals surface area contributed by atoms with Gasteiger partial charge in [0.1, 0.15) is 17.6 Å². The molecule has 0 aliphatic heterocycles. The Morgan fingerprint density at radius 3 is 2.81 bits per heavy atom. The first-order valence-electron chi connectivity index (χ1n) is 8.08. The minimum absolute atomic E-state index is 0. The van der Waals surface area contributed by atoms with Gasteiger partial charge in [-0.15, -0.1) is 0 Å². The summed E-state index contributed by atoms with van der Waals surface area (Å²) >= 11 is -1.29. The predicted octanol–water partition coefficient (Wildman–Crippen LogP) is -0.0165. The van der Waals surface area contributed by atoms with Crippen LogP contribution in [0.5, 0.6) is 5.75 Å².